The second-order valence-electron chi connectivity index (χ2n) is 7.18. The number of nitrogens with zero attached hydrogens (tertiary/aromatic N) is 3. The molecule has 0 unspecified atom stereocenters. The Hall–Kier alpha value is -4.57. The molecule has 0 aliphatic carbocycles. The van der Waals surface area contributed by atoms with E-state index in [0.717, 1.165) is 11.6 Å². The van der Waals surface area contributed by atoms with Crippen LogP contribution in [0.15, 0.2) is 83.7 Å². The van der Waals surface area contributed by atoms with Gasteiger partial charge in [0, 0.05) is 28.8 Å². The summed E-state index contributed by atoms with van der Waals surface area (Å²) in [5.41, 5.74) is 2.98. The Morgan fingerprint density at radius 2 is 1.66 bits per heavy atom. The van der Waals surface area contributed by atoms with Gasteiger partial charge >= 0.3 is 0 Å². The van der Waals surface area contributed by atoms with Gasteiger partial charge in [-0.15, -0.1) is 0 Å². The molecule has 0 fully saturated rings. The number of fused-ring (bicyclic) bond motifs is 1. The summed E-state index contributed by atoms with van der Waals surface area (Å²) in [6.45, 7) is 0. The maximum absolute atomic E-state index is 14.8. The number of hydrogen-bond donors (Lipinski definition) is 1. The molecular formula is C25H14F2N4O. The van der Waals surface area contributed by atoms with Gasteiger partial charge < -0.3 is 0 Å². The van der Waals surface area contributed by atoms with Gasteiger partial charge in [0.05, 0.1) is 28.6 Å². The Labute approximate surface area is 180 Å². The molecule has 5 nitrogen and oxygen atoms in total. The molecule has 5 rings (SSSR count). The number of nitriles is 1. The third-order valence-corrected chi connectivity index (χ3v) is 5.19. The van der Waals surface area contributed by atoms with Crippen molar-refractivity contribution in [3.8, 4) is 39.7 Å². The normalized spacial score (nSPS) is 10.9. The topological polar surface area (TPSA) is 73.9 Å². The van der Waals surface area contributed by atoms with E-state index in [-0.39, 0.29) is 16.8 Å². The van der Waals surface area contributed by atoms with E-state index in [4.69, 9.17) is 5.26 Å². The molecule has 0 amide bonds. The Bertz CT molecular complexity index is 1560. The Morgan fingerprint density at radius 3 is 2.34 bits per heavy atom. The van der Waals surface area contributed by atoms with Crippen LogP contribution >= 0.6 is 0 Å². The smallest absolute Gasteiger partial charge is 0.273 e. The van der Waals surface area contributed by atoms with Gasteiger partial charge in [0.15, 0.2) is 5.65 Å². The lowest BCUT2D eigenvalue weighted by molar-refractivity contribution is 0.585. The third kappa shape index (κ3) is 3.24. The molecule has 7 heteroatoms. The number of aromatic amines is 1. The van der Waals surface area contributed by atoms with Crippen molar-refractivity contribution in [2.24, 2.45) is 0 Å². The van der Waals surface area contributed by atoms with Crippen molar-refractivity contribution in [1.82, 2.24) is 14.6 Å². The van der Waals surface area contributed by atoms with Gasteiger partial charge in [0.1, 0.15) is 11.6 Å². The highest BCUT2D eigenvalue weighted by Gasteiger charge is 2.21. The summed E-state index contributed by atoms with van der Waals surface area (Å²) in [7, 11) is 0. The molecule has 2 heterocycles. The van der Waals surface area contributed by atoms with Crippen LogP contribution in [0.4, 0.5) is 8.78 Å². The monoisotopic (exact) mass is 424 g/mol. The number of hydrogen-bond acceptors (Lipinski definition) is 3. The maximum Gasteiger partial charge on any atom is 0.273 e. The predicted octanol–water partition coefficient (Wildman–Crippen LogP) is 5.17. The van der Waals surface area contributed by atoms with Crippen molar-refractivity contribution in [1.29, 1.82) is 5.26 Å². The van der Waals surface area contributed by atoms with Crippen LogP contribution in [0.1, 0.15) is 5.56 Å². The molecule has 0 atom stereocenters. The molecule has 0 aliphatic rings. The van der Waals surface area contributed by atoms with Gasteiger partial charge in [-0.05, 0) is 24.3 Å². The zero-order valence-electron chi connectivity index (χ0n) is 16.5. The van der Waals surface area contributed by atoms with Crippen LogP contribution in [-0.4, -0.2) is 14.6 Å². The molecule has 0 spiro atoms. The predicted molar refractivity (Wildman–Crippen MR) is 117 cm³/mol. The standard InChI is InChI=1S/C25H14F2N4O/c26-18-10-11-19(20(27)12-18)23-24(17-4-2-1-3-5-17)30-31-22(32)13-21(29-25(23)31)16-8-6-15(14-28)7-9-16/h1-13,30H. The number of rotatable bonds is 3. The van der Waals surface area contributed by atoms with Crippen LogP contribution in [0.25, 0.3) is 39.3 Å². The highest BCUT2D eigenvalue weighted by atomic mass is 19.1. The second-order valence-corrected chi connectivity index (χ2v) is 7.18. The fourth-order valence-electron chi connectivity index (χ4n) is 3.66. The van der Waals surface area contributed by atoms with Gasteiger partial charge in [-0.25, -0.2) is 18.3 Å². The zero-order valence-corrected chi connectivity index (χ0v) is 16.5. The molecule has 154 valence electrons. The van der Waals surface area contributed by atoms with Crippen molar-refractivity contribution in [3.05, 3.63) is 106 Å². The van der Waals surface area contributed by atoms with Crippen LogP contribution in [-0.2, 0) is 0 Å². The molecule has 1 N–H and O–H groups in total. The molecule has 32 heavy (non-hydrogen) atoms. The molecular weight excluding hydrogens is 410 g/mol. The van der Waals surface area contributed by atoms with Gasteiger partial charge in [-0.1, -0.05) is 42.5 Å². The number of benzene rings is 3. The summed E-state index contributed by atoms with van der Waals surface area (Å²) in [5.74, 6) is -1.46. The van der Waals surface area contributed by atoms with E-state index < -0.39 is 11.6 Å². The van der Waals surface area contributed by atoms with Crippen LogP contribution in [0.3, 0.4) is 0 Å². The largest absolute Gasteiger partial charge is 0.288 e. The lowest BCUT2D eigenvalue weighted by atomic mass is 10.0. The highest BCUT2D eigenvalue weighted by Crippen LogP contribution is 2.36. The summed E-state index contributed by atoms with van der Waals surface area (Å²) < 4.78 is 29.7. The van der Waals surface area contributed by atoms with E-state index in [9.17, 15) is 13.6 Å². The Morgan fingerprint density at radius 1 is 0.906 bits per heavy atom. The van der Waals surface area contributed by atoms with Gasteiger partial charge in [-0.2, -0.15) is 5.26 Å². The molecule has 0 saturated carbocycles. The Kier molecular flexibility index (Phi) is 4.61. The number of aromatic nitrogens is 3. The molecule has 0 aliphatic heterocycles. The van der Waals surface area contributed by atoms with Crippen molar-refractivity contribution < 1.29 is 8.78 Å². The summed E-state index contributed by atoms with van der Waals surface area (Å²) in [6.07, 6.45) is 0. The number of H-pyrrole nitrogens is 1. The van der Waals surface area contributed by atoms with Gasteiger partial charge in [0.25, 0.3) is 5.56 Å². The van der Waals surface area contributed by atoms with Gasteiger partial charge in [-0.3, -0.25) is 9.89 Å². The van der Waals surface area contributed by atoms with Crippen LogP contribution < -0.4 is 5.56 Å². The minimum Gasteiger partial charge on any atom is -0.288 e. The van der Waals surface area contributed by atoms with E-state index >= 15 is 0 Å². The lowest BCUT2D eigenvalue weighted by Gasteiger charge is -2.07. The maximum atomic E-state index is 14.8. The molecule has 3 aromatic carbocycles. The molecule has 5 aromatic rings. The van der Waals surface area contributed by atoms with E-state index in [1.165, 1.54) is 22.7 Å². The van der Waals surface area contributed by atoms with E-state index in [1.54, 1.807) is 24.3 Å². The molecule has 0 bridgehead atoms. The third-order valence-electron chi connectivity index (χ3n) is 5.19. The number of nitrogens with one attached hydrogen (secondary N) is 1. The average molecular weight is 424 g/mol. The zero-order chi connectivity index (χ0) is 22.2. The van der Waals surface area contributed by atoms with E-state index in [1.807, 2.05) is 36.4 Å². The first-order valence-corrected chi connectivity index (χ1v) is 9.72. The summed E-state index contributed by atoms with van der Waals surface area (Å²) >= 11 is 0. The van der Waals surface area contributed by atoms with Crippen LogP contribution in [0, 0.1) is 23.0 Å². The highest BCUT2D eigenvalue weighted by molar-refractivity contribution is 5.91. The Balaban J connectivity index is 1.84. The summed E-state index contributed by atoms with van der Waals surface area (Å²) in [6, 6.07) is 22.5. The van der Waals surface area contributed by atoms with E-state index in [0.29, 0.717) is 28.1 Å². The summed E-state index contributed by atoms with van der Waals surface area (Å²) in [4.78, 5) is 17.6. The molecule has 0 saturated heterocycles. The van der Waals surface area contributed by atoms with Crippen molar-refractivity contribution in [3.63, 3.8) is 0 Å². The minimum absolute atomic E-state index is 0.118. The van der Waals surface area contributed by atoms with Crippen LogP contribution in [0.2, 0.25) is 0 Å². The van der Waals surface area contributed by atoms with Crippen molar-refractivity contribution >= 4 is 5.65 Å². The first kappa shape index (κ1) is 19.4. The van der Waals surface area contributed by atoms with E-state index in [2.05, 4.69) is 10.1 Å². The summed E-state index contributed by atoms with van der Waals surface area (Å²) in [5, 5.41) is 12.0. The average Bonchev–Trinajstić information content (AvgIpc) is 3.20. The quantitative estimate of drug-likeness (QED) is 0.434. The lowest BCUT2D eigenvalue weighted by Crippen LogP contribution is -2.14. The van der Waals surface area contributed by atoms with Crippen molar-refractivity contribution in [2.45, 2.75) is 0 Å². The molecule has 0 radical (unpaired) electrons. The first-order chi connectivity index (χ1) is 15.5. The van der Waals surface area contributed by atoms with Gasteiger partial charge in [0.2, 0.25) is 0 Å². The fourth-order valence-corrected chi connectivity index (χ4v) is 3.66. The SMILES string of the molecule is N#Cc1ccc(-c2cc(=O)n3[nH]c(-c4ccccc4)c(-c4ccc(F)cc4F)c3n2)cc1. The fraction of sp³-hybridized carbons (Fsp3) is 0. The molecule has 2 aromatic heterocycles. The van der Waals surface area contributed by atoms with Crippen LogP contribution in [0.5, 0.6) is 0 Å². The minimum atomic E-state index is -0.762. The second kappa shape index (κ2) is 7.60. The number of halogens is 2. The first-order valence-electron chi connectivity index (χ1n) is 9.72. The van der Waals surface area contributed by atoms with Crippen molar-refractivity contribution in [2.75, 3.05) is 0 Å².